The second-order valence-electron chi connectivity index (χ2n) is 6.87. The molecule has 5 heteroatoms. The van der Waals surface area contributed by atoms with Crippen molar-refractivity contribution in [2.24, 2.45) is 0 Å². The molecule has 0 amide bonds. The van der Waals surface area contributed by atoms with Gasteiger partial charge in [-0.1, -0.05) is 12.8 Å². The number of nitrogens with zero attached hydrogens (tertiary/aromatic N) is 2. The second kappa shape index (κ2) is 6.90. The molecule has 132 valence electrons. The van der Waals surface area contributed by atoms with E-state index in [-0.39, 0.29) is 0 Å². The van der Waals surface area contributed by atoms with Crippen molar-refractivity contribution in [1.82, 2.24) is 9.97 Å². The van der Waals surface area contributed by atoms with E-state index in [0.29, 0.717) is 11.8 Å². The highest BCUT2D eigenvalue weighted by Crippen LogP contribution is 2.34. The Morgan fingerprint density at radius 1 is 0.960 bits per heavy atom. The Morgan fingerprint density at radius 2 is 1.76 bits per heavy atom. The minimum atomic E-state index is 0.554. The highest BCUT2D eigenvalue weighted by Gasteiger charge is 2.23. The van der Waals surface area contributed by atoms with Crippen molar-refractivity contribution >= 4 is 5.82 Å². The Balaban J connectivity index is 1.72. The summed E-state index contributed by atoms with van der Waals surface area (Å²) in [5.74, 6) is 3.23. The number of aryl methyl sites for hydroxylation is 1. The van der Waals surface area contributed by atoms with Crippen LogP contribution in [0.25, 0.3) is 11.4 Å². The van der Waals surface area contributed by atoms with Crippen molar-refractivity contribution in [2.45, 2.75) is 51.0 Å². The zero-order valence-corrected chi connectivity index (χ0v) is 15.0. The molecule has 0 aliphatic heterocycles. The average Bonchev–Trinajstić information content (AvgIpc) is 3.32. The van der Waals surface area contributed by atoms with E-state index in [0.717, 1.165) is 35.8 Å². The van der Waals surface area contributed by atoms with Gasteiger partial charge >= 0.3 is 0 Å². The van der Waals surface area contributed by atoms with Crippen LogP contribution >= 0.6 is 0 Å². The fourth-order valence-corrected chi connectivity index (χ4v) is 3.92. The molecule has 2 aliphatic carbocycles. The van der Waals surface area contributed by atoms with E-state index in [9.17, 15) is 0 Å². The maximum atomic E-state index is 5.43. The van der Waals surface area contributed by atoms with Crippen molar-refractivity contribution in [3.8, 4) is 22.9 Å². The van der Waals surface area contributed by atoms with Gasteiger partial charge in [0, 0.05) is 22.9 Å². The van der Waals surface area contributed by atoms with Gasteiger partial charge in [-0.2, -0.15) is 0 Å². The van der Waals surface area contributed by atoms with Gasteiger partial charge in [0.05, 0.1) is 14.2 Å². The first kappa shape index (κ1) is 16.2. The normalized spacial score (nSPS) is 16.7. The molecule has 5 nitrogen and oxygen atoms in total. The summed E-state index contributed by atoms with van der Waals surface area (Å²) in [4.78, 5) is 9.73. The first-order chi connectivity index (χ1) is 12.3. The lowest BCUT2D eigenvalue weighted by molar-refractivity contribution is 0.355. The van der Waals surface area contributed by atoms with Gasteiger partial charge in [0.2, 0.25) is 0 Å². The lowest BCUT2D eigenvalue weighted by atomic mass is 10.1. The van der Waals surface area contributed by atoms with Crippen LogP contribution in [0.4, 0.5) is 5.82 Å². The van der Waals surface area contributed by atoms with Crippen molar-refractivity contribution in [3.63, 3.8) is 0 Å². The molecule has 0 bridgehead atoms. The van der Waals surface area contributed by atoms with E-state index in [1.165, 1.54) is 43.4 Å². The quantitative estimate of drug-likeness (QED) is 0.892. The van der Waals surface area contributed by atoms with Crippen LogP contribution in [-0.4, -0.2) is 30.2 Å². The molecular weight excluding hydrogens is 314 g/mol. The van der Waals surface area contributed by atoms with Crippen LogP contribution in [0.2, 0.25) is 0 Å². The summed E-state index contributed by atoms with van der Waals surface area (Å²) in [5, 5.41) is 3.70. The summed E-state index contributed by atoms with van der Waals surface area (Å²) in [6.07, 6.45) is 8.39. The number of hydrogen-bond donors (Lipinski definition) is 1. The van der Waals surface area contributed by atoms with E-state index in [2.05, 4.69) is 5.32 Å². The van der Waals surface area contributed by atoms with E-state index < -0.39 is 0 Å². The monoisotopic (exact) mass is 339 g/mol. The fourth-order valence-electron chi connectivity index (χ4n) is 3.92. The topological polar surface area (TPSA) is 56.3 Å². The average molecular weight is 339 g/mol. The standard InChI is InChI=1S/C20H25N3O2/c1-24-17-11-10-13(12-18(17)25-2)19-22-16-9-5-8-15(16)20(23-19)21-14-6-3-4-7-14/h10-12,14H,3-9H2,1-2H3,(H,21,22,23). The Kier molecular flexibility index (Phi) is 4.47. The van der Waals surface area contributed by atoms with Gasteiger partial charge in [-0.05, 0) is 50.3 Å². The molecule has 1 saturated carbocycles. The number of rotatable bonds is 5. The summed E-state index contributed by atoms with van der Waals surface area (Å²) in [6, 6.07) is 6.42. The van der Waals surface area contributed by atoms with Crippen LogP contribution in [0.1, 0.15) is 43.4 Å². The lowest BCUT2D eigenvalue weighted by Gasteiger charge is -2.17. The zero-order valence-electron chi connectivity index (χ0n) is 15.0. The van der Waals surface area contributed by atoms with Crippen molar-refractivity contribution in [3.05, 3.63) is 29.5 Å². The van der Waals surface area contributed by atoms with Crippen molar-refractivity contribution in [1.29, 1.82) is 0 Å². The summed E-state index contributed by atoms with van der Waals surface area (Å²) in [5.41, 5.74) is 3.47. The molecular formula is C20H25N3O2. The smallest absolute Gasteiger partial charge is 0.161 e. The Bertz CT molecular complexity index is 770. The third-order valence-electron chi connectivity index (χ3n) is 5.27. The predicted octanol–water partition coefficient (Wildman–Crippen LogP) is 4.00. The predicted molar refractivity (Wildman–Crippen MR) is 98.5 cm³/mol. The molecule has 1 fully saturated rings. The Labute approximate surface area is 148 Å². The van der Waals surface area contributed by atoms with Gasteiger partial charge in [-0.3, -0.25) is 0 Å². The SMILES string of the molecule is COc1ccc(-c2nc3c(c(NC4CCCC4)n2)CCC3)cc1OC. The van der Waals surface area contributed by atoms with Crippen LogP contribution in [-0.2, 0) is 12.8 Å². The molecule has 0 spiro atoms. The maximum Gasteiger partial charge on any atom is 0.161 e. The van der Waals surface area contributed by atoms with Crippen LogP contribution in [0.5, 0.6) is 11.5 Å². The van der Waals surface area contributed by atoms with Gasteiger partial charge in [0.15, 0.2) is 17.3 Å². The Morgan fingerprint density at radius 3 is 2.52 bits per heavy atom. The maximum absolute atomic E-state index is 5.43. The molecule has 0 atom stereocenters. The summed E-state index contributed by atoms with van der Waals surface area (Å²) in [7, 11) is 3.30. The number of ether oxygens (including phenoxy) is 2. The van der Waals surface area contributed by atoms with E-state index in [1.807, 2.05) is 18.2 Å². The molecule has 1 heterocycles. The molecule has 0 unspecified atom stereocenters. The number of aromatic nitrogens is 2. The molecule has 1 N–H and O–H groups in total. The number of nitrogens with one attached hydrogen (secondary N) is 1. The molecule has 1 aromatic heterocycles. The first-order valence-electron chi connectivity index (χ1n) is 9.17. The van der Waals surface area contributed by atoms with Gasteiger partial charge in [0.1, 0.15) is 5.82 Å². The number of hydrogen-bond acceptors (Lipinski definition) is 5. The number of benzene rings is 1. The van der Waals surface area contributed by atoms with E-state index >= 15 is 0 Å². The third-order valence-corrected chi connectivity index (χ3v) is 5.27. The minimum Gasteiger partial charge on any atom is -0.493 e. The molecule has 2 aliphatic rings. The molecule has 4 rings (SSSR count). The molecule has 0 saturated heterocycles. The Hall–Kier alpha value is -2.30. The molecule has 1 aromatic carbocycles. The van der Waals surface area contributed by atoms with Crippen molar-refractivity contribution in [2.75, 3.05) is 19.5 Å². The number of methoxy groups -OCH3 is 2. The van der Waals surface area contributed by atoms with Gasteiger partial charge < -0.3 is 14.8 Å². The van der Waals surface area contributed by atoms with E-state index in [4.69, 9.17) is 19.4 Å². The number of anilines is 1. The highest BCUT2D eigenvalue weighted by molar-refractivity contribution is 5.64. The van der Waals surface area contributed by atoms with Crippen LogP contribution < -0.4 is 14.8 Å². The lowest BCUT2D eigenvalue weighted by Crippen LogP contribution is -2.17. The van der Waals surface area contributed by atoms with Gasteiger partial charge in [-0.15, -0.1) is 0 Å². The highest BCUT2D eigenvalue weighted by atomic mass is 16.5. The molecule has 25 heavy (non-hydrogen) atoms. The second-order valence-corrected chi connectivity index (χ2v) is 6.87. The van der Waals surface area contributed by atoms with Crippen LogP contribution in [0, 0.1) is 0 Å². The van der Waals surface area contributed by atoms with Crippen LogP contribution in [0.3, 0.4) is 0 Å². The molecule has 2 aromatic rings. The minimum absolute atomic E-state index is 0.554. The summed E-state index contributed by atoms with van der Waals surface area (Å²) >= 11 is 0. The first-order valence-corrected chi connectivity index (χ1v) is 9.17. The van der Waals surface area contributed by atoms with Crippen LogP contribution in [0.15, 0.2) is 18.2 Å². The van der Waals surface area contributed by atoms with Gasteiger partial charge in [0.25, 0.3) is 0 Å². The third kappa shape index (κ3) is 3.15. The van der Waals surface area contributed by atoms with Gasteiger partial charge in [-0.25, -0.2) is 9.97 Å². The largest absolute Gasteiger partial charge is 0.493 e. The summed E-state index contributed by atoms with van der Waals surface area (Å²) in [6.45, 7) is 0. The van der Waals surface area contributed by atoms with Crippen molar-refractivity contribution < 1.29 is 9.47 Å². The van der Waals surface area contributed by atoms with E-state index in [1.54, 1.807) is 14.2 Å². The number of fused-ring (bicyclic) bond motifs is 1. The summed E-state index contributed by atoms with van der Waals surface area (Å²) < 4.78 is 10.8. The fraction of sp³-hybridized carbons (Fsp3) is 0.500. The zero-order chi connectivity index (χ0) is 17.2. The molecule has 0 radical (unpaired) electrons.